The van der Waals surface area contributed by atoms with E-state index in [0.29, 0.717) is 18.8 Å². The van der Waals surface area contributed by atoms with Crippen LogP contribution in [0.1, 0.15) is 33.6 Å². The molecule has 0 aromatic heterocycles. The molecule has 0 bridgehead atoms. The minimum atomic E-state index is -0.333. The van der Waals surface area contributed by atoms with E-state index in [-0.39, 0.29) is 11.0 Å². The van der Waals surface area contributed by atoms with Crippen molar-refractivity contribution in [3.63, 3.8) is 0 Å². The van der Waals surface area contributed by atoms with Crippen LogP contribution in [0.25, 0.3) is 0 Å². The van der Waals surface area contributed by atoms with E-state index < -0.39 is 0 Å². The minimum Gasteiger partial charge on any atom is -0.264 e. The number of nitro groups is 1. The standard InChI is InChI=1S/C7H15NO2/c1-4-7(8(9)10)5-6(2)3/h6-7H,4-5H2,1-3H3. The molecule has 1 unspecified atom stereocenters. The van der Waals surface area contributed by atoms with Crippen LogP contribution in [0.2, 0.25) is 0 Å². The van der Waals surface area contributed by atoms with Crippen molar-refractivity contribution in [2.75, 3.05) is 0 Å². The van der Waals surface area contributed by atoms with Crippen LogP contribution in [0.4, 0.5) is 0 Å². The lowest BCUT2D eigenvalue weighted by molar-refractivity contribution is -0.524. The predicted octanol–water partition coefficient (Wildman–Crippen LogP) is 2.09. The number of rotatable bonds is 4. The first-order valence-corrected chi connectivity index (χ1v) is 3.71. The molecule has 3 heteroatoms. The van der Waals surface area contributed by atoms with Crippen LogP contribution >= 0.6 is 0 Å². The lowest BCUT2D eigenvalue weighted by atomic mass is 10.0. The molecule has 0 heterocycles. The molecular weight excluding hydrogens is 130 g/mol. The average molecular weight is 145 g/mol. The van der Waals surface area contributed by atoms with Gasteiger partial charge in [0.1, 0.15) is 0 Å². The van der Waals surface area contributed by atoms with Gasteiger partial charge in [0.05, 0.1) is 0 Å². The summed E-state index contributed by atoms with van der Waals surface area (Å²) in [5.74, 6) is 0.426. The van der Waals surface area contributed by atoms with Crippen LogP contribution in [0.3, 0.4) is 0 Å². The third kappa shape index (κ3) is 3.43. The van der Waals surface area contributed by atoms with Gasteiger partial charge in [-0.15, -0.1) is 0 Å². The van der Waals surface area contributed by atoms with Crippen LogP contribution in [0.15, 0.2) is 0 Å². The summed E-state index contributed by atoms with van der Waals surface area (Å²) in [4.78, 5) is 10.1. The van der Waals surface area contributed by atoms with Crippen molar-refractivity contribution >= 4 is 0 Å². The third-order valence-corrected chi connectivity index (χ3v) is 1.51. The van der Waals surface area contributed by atoms with Gasteiger partial charge in [-0.2, -0.15) is 0 Å². The molecule has 0 aromatic rings. The number of hydrogen-bond acceptors (Lipinski definition) is 2. The zero-order chi connectivity index (χ0) is 8.15. The number of nitrogens with zero attached hydrogens (tertiary/aromatic N) is 1. The first-order valence-electron chi connectivity index (χ1n) is 3.71. The van der Waals surface area contributed by atoms with Crippen LogP contribution in [0.5, 0.6) is 0 Å². The molecule has 0 spiro atoms. The van der Waals surface area contributed by atoms with Crippen molar-refractivity contribution in [3.05, 3.63) is 10.1 Å². The maximum absolute atomic E-state index is 10.3. The Labute approximate surface area is 61.6 Å². The van der Waals surface area contributed by atoms with Crippen LogP contribution in [0, 0.1) is 16.0 Å². The van der Waals surface area contributed by atoms with Crippen LogP contribution in [-0.2, 0) is 0 Å². The average Bonchev–Trinajstić information content (AvgIpc) is 1.81. The molecule has 0 fully saturated rings. The van der Waals surface area contributed by atoms with Crippen molar-refractivity contribution in [2.24, 2.45) is 5.92 Å². The molecule has 0 radical (unpaired) electrons. The van der Waals surface area contributed by atoms with Gasteiger partial charge in [-0.1, -0.05) is 20.8 Å². The topological polar surface area (TPSA) is 43.1 Å². The van der Waals surface area contributed by atoms with Crippen LogP contribution in [-0.4, -0.2) is 11.0 Å². The van der Waals surface area contributed by atoms with Gasteiger partial charge in [-0.25, -0.2) is 0 Å². The second-order valence-corrected chi connectivity index (χ2v) is 2.98. The fraction of sp³-hybridized carbons (Fsp3) is 1.00. The van der Waals surface area contributed by atoms with Gasteiger partial charge in [0.15, 0.2) is 0 Å². The SMILES string of the molecule is CCC(CC(C)C)[N+](=O)[O-]. The monoisotopic (exact) mass is 145 g/mol. The Morgan fingerprint density at radius 1 is 1.50 bits per heavy atom. The summed E-state index contributed by atoms with van der Waals surface area (Å²) in [6.07, 6.45) is 1.34. The summed E-state index contributed by atoms with van der Waals surface area (Å²) >= 11 is 0. The zero-order valence-electron chi connectivity index (χ0n) is 6.83. The quantitative estimate of drug-likeness (QED) is 0.449. The second-order valence-electron chi connectivity index (χ2n) is 2.98. The molecule has 0 saturated carbocycles. The Hall–Kier alpha value is -0.600. The molecule has 1 atom stereocenters. The highest BCUT2D eigenvalue weighted by Gasteiger charge is 2.17. The Kier molecular flexibility index (Phi) is 4.00. The van der Waals surface area contributed by atoms with E-state index in [4.69, 9.17) is 0 Å². The van der Waals surface area contributed by atoms with Crippen molar-refractivity contribution in [1.82, 2.24) is 0 Å². The Bertz CT molecular complexity index is 112. The molecular formula is C7H15NO2. The number of hydrogen-bond donors (Lipinski definition) is 0. The molecule has 0 aliphatic heterocycles. The molecule has 60 valence electrons. The highest BCUT2D eigenvalue weighted by molar-refractivity contribution is 4.56. The fourth-order valence-corrected chi connectivity index (χ4v) is 0.946. The molecule has 0 amide bonds. The largest absolute Gasteiger partial charge is 0.264 e. The Morgan fingerprint density at radius 2 is 2.00 bits per heavy atom. The molecule has 0 rings (SSSR count). The highest BCUT2D eigenvalue weighted by Crippen LogP contribution is 2.09. The first-order chi connectivity index (χ1) is 4.57. The van der Waals surface area contributed by atoms with E-state index in [9.17, 15) is 10.1 Å². The lowest BCUT2D eigenvalue weighted by Crippen LogP contribution is -2.20. The van der Waals surface area contributed by atoms with E-state index in [0.717, 1.165) is 0 Å². The zero-order valence-corrected chi connectivity index (χ0v) is 6.83. The van der Waals surface area contributed by atoms with E-state index in [1.54, 1.807) is 0 Å². The van der Waals surface area contributed by atoms with Gasteiger partial charge in [0.25, 0.3) is 0 Å². The Balaban J connectivity index is 3.72. The van der Waals surface area contributed by atoms with Crippen LogP contribution < -0.4 is 0 Å². The molecule has 0 aliphatic carbocycles. The summed E-state index contributed by atoms with van der Waals surface area (Å²) in [6, 6.07) is -0.333. The van der Waals surface area contributed by atoms with Gasteiger partial charge < -0.3 is 0 Å². The van der Waals surface area contributed by atoms with Crippen molar-refractivity contribution < 1.29 is 4.92 Å². The van der Waals surface area contributed by atoms with E-state index in [1.165, 1.54) is 0 Å². The van der Waals surface area contributed by atoms with Gasteiger partial charge in [-0.3, -0.25) is 10.1 Å². The molecule has 0 aliphatic rings. The summed E-state index contributed by atoms with van der Waals surface area (Å²) in [5.41, 5.74) is 0. The van der Waals surface area contributed by atoms with Crippen molar-refractivity contribution in [2.45, 2.75) is 39.7 Å². The second kappa shape index (κ2) is 4.25. The normalized spacial score (nSPS) is 13.6. The molecule has 10 heavy (non-hydrogen) atoms. The van der Waals surface area contributed by atoms with Crippen molar-refractivity contribution in [1.29, 1.82) is 0 Å². The Morgan fingerprint density at radius 3 is 2.10 bits per heavy atom. The molecule has 0 N–H and O–H groups in total. The van der Waals surface area contributed by atoms with E-state index in [2.05, 4.69) is 0 Å². The molecule has 3 nitrogen and oxygen atoms in total. The maximum atomic E-state index is 10.3. The summed E-state index contributed by atoms with van der Waals surface area (Å²) in [7, 11) is 0. The highest BCUT2D eigenvalue weighted by atomic mass is 16.6. The van der Waals surface area contributed by atoms with Crippen molar-refractivity contribution in [3.8, 4) is 0 Å². The van der Waals surface area contributed by atoms with E-state index in [1.807, 2.05) is 20.8 Å². The van der Waals surface area contributed by atoms with E-state index >= 15 is 0 Å². The smallest absolute Gasteiger partial charge is 0.213 e. The summed E-state index contributed by atoms with van der Waals surface area (Å²) < 4.78 is 0. The first kappa shape index (κ1) is 9.40. The fourth-order valence-electron chi connectivity index (χ4n) is 0.946. The van der Waals surface area contributed by atoms with Gasteiger partial charge in [-0.05, 0) is 5.92 Å². The third-order valence-electron chi connectivity index (χ3n) is 1.51. The summed E-state index contributed by atoms with van der Waals surface area (Å²) in [5, 5.41) is 10.3. The molecule has 0 aromatic carbocycles. The van der Waals surface area contributed by atoms with Gasteiger partial charge in [0.2, 0.25) is 6.04 Å². The lowest BCUT2D eigenvalue weighted by Gasteiger charge is -2.08. The van der Waals surface area contributed by atoms with Gasteiger partial charge >= 0.3 is 0 Å². The van der Waals surface area contributed by atoms with Gasteiger partial charge in [0, 0.05) is 17.8 Å². The maximum Gasteiger partial charge on any atom is 0.213 e. The minimum absolute atomic E-state index is 0.181. The molecule has 0 saturated heterocycles. The summed E-state index contributed by atoms with van der Waals surface area (Å²) in [6.45, 7) is 5.87. The predicted molar refractivity (Wildman–Crippen MR) is 40.5 cm³/mol.